The normalized spacial score (nSPS) is 18.5. The summed E-state index contributed by atoms with van der Waals surface area (Å²) in [5.74, 6) is 0.909. The second kappa shape index (κ2) is 5.11. The van der Waals surface area contributed by atoms with Crippen LogP contribution in [0.2, 0.25) is 0 Å². The maximum absolute atomic E-state index is 4.48. The minimum absolute atomic E-state index is 0.909. The van der Waals surface area contributed by atoms with Crippen LogP contribution >= 0.6 is 0 Å². The fourth-order valence-corrected chi connectivity index (χ4v) is 2.73. The molecule has 0 saturated carbocycles. The summed E-state index contributed by atoms with van der Waals surface area (Å²) in [5, 5.41) is 5.73. The van der Waals surface area contributed by atoms with E-state index in [-0.39, 0.29) is 0 Å². The molecule has 18 heavy (non-hydrogen) atoms. The zero-order valence-electron chi connectivity index (χ0n) is 11.0. The van der Waals surface area contributed by atoms with E-state index < -0.39 is 0 Å². The Morgan fingerprint density at radius 2 is 1.94 bits per heavy atom. The van der Waals surface area contributed by atoms with Crippen LogP contribution in [-0.2, 0) is 6.54 Å². The number of benzene rings is 1. The van der Waals surface area contributed by atoms with Crippen LogP contribution in [0, 0.1) is 5.92 Å². The lowest BCUT2D eigenvalue weighted by Crippen LogP contribution is -2.35. The van der Waals surface area contributed by atoms with E-state index in [1.165, 1.54) is 36.8 Å². The number of aromatic nitrogens is 2. The van der Waals surface area contributed by atoms with E-state index in [0.29, 0.717) is 0 Å². The second-order valence-corrected chi connectivity index (χ2v) is 5.45. The van der Waals surface area contributed by atoms with Crippen LogP contribution in [-0.4, -0.2) is 34.3 Å². The average molecular weight is 243 g/mol. The molecule has 0 radical (unpaired) electrons. The van der Waals surface area contributed by atoms with Crippen molar-refractivity contribution in [1.29, 1.82) is 0 Å². The third kappa shape index (κ3) is 2.41. The van der Waals surface area contributed by atoms with Gasteiger partial charge in [0.1, 0.15) is 0 Å². The van der Waals surface area contributed by atoms with Crippen molar-refractivity contribution in [3.63, 3.8) is 0 Å². The minimum atomic E-state index is 0.909. The van der Waals surface area contributed by atoms with Crippen molar-refractivity contribution >= 4 is 10.9 Å². The lowest BCUT2D eigenvalue weighted by Gasteiger charge is -2.30. The summed E-state index contributed by atoms with van der Waals surface area (Å²) >= 11 is 0. The maximum Gasteiger partial charge on any atom is 0.0682 e. The van der Waals surface area contributed by atoms with E-state index in [2.05, 4.69) is 45.9 Å². The highest BCUT2D eigenvalue weighted by molar-refractivity contribution is 5.78. The van der Waals surface area contributed by atoms with E-state index in [4.69, 9.17) is 0 Å². The average Bonchev–Trinajstić information content (AvgIpc) is 2.82. The van der Waals surface area contributed by atoms with Gasteiger partial charge in [-0.05, 0) is 37.9 Å². The maximum atomic E-state index is 4.48. The molecule has 0 aliphatic carbocycles. The number of hydrogen-bond donors (Lipinski definition) is 0. The third-order valence-corrected chi connectivity index (χ3v) is 4.06. The smallest absolute Gasteiger partial charge is 0.0682 e. The zero-order chi connectivity index (χ0) is 12.4. The Morgan fingerprint density at radius 3 is 2.78 bits per heavy atom. The van der Waals surface area contributed by atoms with Crippen molar-refractivity contribution in [3.05, 3.63) is 30.5 Å². The SMILES string of the molecule is CC1CCN(CCn2ncc3ccccc32)CC1. The van der Waals surface area contributed by atoms with Crippen molar-refractivity contribution < 1.29 is 0 Å². The molecule has 1 aliphatic heterocycles. The van der Waals surface area contributed by atoms with Gasteiger partial charge in [0.2, 0.25) is 0 Å². The molecule has 1 fully saturated rings. The van der Waals surface area contributed by atoms with E-state index in [9.17, 15) is 0 Å². The molecule has 3 rings (SSSR count). The van der Waals surface area contributed by atoms with Crippen LogP contribution in [0.4, 0.5) is 0 Å². The summed E-state index contributed by atoms with van der Waals surface area (Å²) in [6.07, 6.45) is 4.66. The Kier molecular flexibility index (Phi) is 3.33. The fourth-order valence-electron chi connectivity index (χ4n) is 2.73. The molecule has 0 spiro atoms. The van der Waals surface area contributed by atoms with Crippen LogP contribution < -0.4 is 0 Å². The first-order valence-electron chi connectivity index (χ1n) is 6.96. The topological polar surface area (TPSA) is 21.1 Å². The van der Waals surface area contributed by atoms with Gasteiger partial charge >= 0.3 is 0 Å². The number of fused-ring (bicyclic) bond motifs is 1. The predicted molar refractivity (Wildman–Crippen MR) is 74.6 cm³/mol. The molecule has 2 aromatic rings. The highest BCUT2D eigenvalue weighted by atomic mass is 15.3. The zero-order valence-corrected chi connectivity index (χ0v) is 11.0. The van der Waals surface area contributed by atoms with Crippen molar-refractivity contribution in [3.8, 4) is 0 Å². The van der Waals surface area contributed by atoms with Gasteiger partial charge in [-0.25, -0.2) is 0 Å². The molecule has 1 aromatic carbocycles. The van der Waals surface area contributed by atoms with E-state index in [1.807, 2.05) is 6.20 Å². The number of nitrogens with zero attached hydrogens (tertiary/aromatic N) is 3. The van der Waals surface area contributed by atoms with Gasteiger partial charge in [-0.1, -0.05) is 25.1 Å². The second-order valence-electron chi connectivity index (χ2n) is 5.45. The predicted octanol–water partition coefficient (Wildman–Crippen LogP) is 2.77. The number of piperidine rings is 1. The van der Waals surface area contributed by atoms with E-state index in [1.54, 1.807) is 0 Å². The molecule has 96 valence electrons. The van der Waals surface area contributed by atoms with Crippen LogP contribution in [0.15, 0.2) is 30.5 Å². The van der Waals surface area contributed by atoms with Gasteiger partial charge in [0, 0.05) is 11.9 Å². The number of rotatable bonds is 3. The lowest BCUT2D eigenvalue weighted by molar-refractivity contribution is 0.185. The monoisotopic (exact) mass is 243 g/mol. The third-order valence-electron chi connectivity index (χ3n) is 4.06. The molecule has 0 unspecified atom stereocenters. The van der Waals surface area contributed by atoms with Crippen LogP contribution in [0.5, 0.6) is 0 Å². The highest BCUT2D eigenvalue weighted by Crippen LogP contribution is 2.16. The molecule has 0 amide bonds. The first-order valence-corrected chi connectivity index (χ1v) is 6.96. The molecule has 3 heteroatoms. The Labute approximate surface area is 108 Å². The summed E-state index contributed by atoms with van der Waals surface area (Å²) in [6.45, 7) is 6.99. The van der Waals surface area contributed by atoms with Gasteiger partial charge in [0.05, 0.1) is 18.3 Å². The quantitative estimate of drug-likeness (QED) is 0.826. The van der Waals surface area contributed by atoms with E-state index in [0.717, 1.165) is 19.0 Å². The number of likely N-dealkylation sites (tertiary alicyclic amines) is 1. The molecular weight excluding hydrogens is 222 g/mol. The fraction of sp³-hybridized carbons (Fsp3) is 0.533. The first kappa shape index (κ1) is 11.7. The summed E-state index contributed by atoms with van der Waals surface area (Å²) in [7, 11) is 0. The van der Waals surface area contributed by atoms with Gasteiger partial charge < -0.3 is 4.90 Å². The Morgan fingerprint density at radius 1 is 1.17 bits per heavy atom. The molecule has 0 N–H and O–H groups in total. The van der Waals surface area contributed by atoms with E-state index >= 15 is 0 Å². The number of para-hydroxylation sites is 1. The lowest BCUT2D eigenvalue weighted by atomic mass is 9.99. The first-order chi connectivity index (χ1) is 8.83. The molecule has 0 atom stereocenters. The summed E-state index contributed by atoms with van der Waals surface area (Å²) in [5.41, 5.74) is 1.25. The summed E-state index contributed by atoms with van der Waals surface area (Å²) in [4.78, 5) is 2.57. The van der Waals surface area contributed by atoms with Crippen LogP contribution in [0.1, 0.15) is 19.8 Å². The minimum Gasteiger partial charge on any atom is -0.301 e. The molecule has 3 nitrogen and oxygen atoms in total. The van der Waals surface area contributed by atoms with Crippen molar-refractivity contribution in [1.82, 2.24) is 14.7 Å². The summed E-state index contributed by atoms with van der Waals surface area (Å²) in [6, 6.07) is 8.44. The van der Waals surface area contributed by atoms with Crippen molar-refractivity contribution in [2.24, 2.45) is 5.92 Å². The molecule has 2 heterocycles. The number of hydrogen-bond acceptors (Lipinski definition) is 2. The largest absolute Gasteiger partial charge is 0.301 e. The standard InChI is InChI=1S/C15H21N3/c1-13-6-8-17(9-7-13)10-11-18-15-5-3-2-4-14(15)12-16-18/h2-5,12-13H,6-11H2,1H3. The highest BCUT2D eigenvalue weighted by Gasteiger charge is 2.15. The molecule has 1 aromatic heterocycles. The Balaban J connectivity index is 1.63. The molecule has 1 saturated heterocycles. The van der Waals surface area contributed by atoms with Gasteiger partial charge in [-0.3, -0.25) is 4.68 Å². The van der Waals surface area contributed by atoms with Gasteiger partial charge in [-0.15, -0.1) is 0 Å². The Hall–Kier alpha value is -1.35. The van der Waals surface area contributed by atoms with Gasteiger partial charge in [0.25, 0.3) is 0 Å². The summed E-state index contributed by atoms with van der Waals surface area (Å²) < 4.78 is 2.13. The van der Waals surface area contributed by atoms with Crippen molar-refractivity contribution in [2.75, 3.05) is 19.6 Å². The molecular formula is C15H21N3. The van der Waals surface area contributed by atoms with Crippen LogP contribution in [0.25, 0.3) is 10.9 Å². The van der Waals surface area contributed by atoms with Crippen molar-refractivity contribution in [2.45, 2.75) is 26.3 Å². The Bertz CT molecular complexity index is 509. The molecule has 1 aliphatic rings. The molecule has 0 bridgehead atoms. The van der Waals surface area contributed by atoms with Crippen LogP contribution in [0.3, 0.4) is 0 Å². The van der Waals surface area contributed by atoms with Gasteiger partial charge in [0.15, 0.2) is 0 Å². The van der Waals surface area contributed by atoms with Gasteiger partial charge in [-0.2, -0.15) is 5.10 Å².